The zero-order valence-corrected chi connectivity index (χ0v) is 27.5. The highest BCUT2D eigenvalue weighted by Crippen LogP contribution is 2.32. The SMILES string of the molecule is Cn1nc(C(=O)N[C@H]2CCCCNC(=O)CC[C@@H](C(=O)O)NC(=O)[C@@H]3C[C@@H](NC(=O)Cc4ccc5c(c4)OCO5)CN3C2=O)c2ccccc21. The molecule has 5 amide bonds. The molecule has 0 radical (unpaired) electrons. The van der Waals surface area contributed by atoms with Crippen molar-refractivity contribution in [2.45, 2.75) is 69.1 Å². The van der Waals surface area contributed by atoms with Crippen molar-refractivity contribution in [1.29, 1.82) is 0 Å². The smallest absolute Gasteiger partial charge is 0.326 e. The number of nitrogens with one attached hydrogen (secondary N) is 4. The monoisotopic (exact) mass is 689 g/mol. The summed E-state index contributed by atoms with van der Waals surface area (Å²) >= 11 is 0. The van der Waals surface area contributed by atoms with Crippen LogP contribution in [0.15, 0.2) is 42.5 Å². The van der Waals surface area contributed by atoms with Gasteiger partial charge in [-0.05, 0) is 55.9 Å². The van der Waals surface area contributed by atoms with Gasteiger partial charge in [-0.25, -0.2) is 4.79 Å². The van der Waals surface area contributed by atoms with Crippen LogP contribution in [0.25, 0.3) is 10.9 Å². The van der Waals surface area contributed by atoms with Gasteiger partial charge >= 0.3 is 5.97 Å². The van der Waals surface area contributed by atoms with E-state index >= 15 is 0 Å². The molecule has 2 aromatic carbocycles. The average Bonchev–Trinajstić information content (AvgIpc) is 3.82. The minimum Gasteiger partial charge on any atom is -0.480 e. The van der Waals surface area contributed by atoms with Gasteiger partial charge in [0.25, 0.3) is 5.91 Å². The molecule has 3 aromatic rings. The Kier molecular flexibility index (Phi) is 10.2. The van der Waals surface area contributed by atoms with E-state index in [1.165, 1.54) is 4.90 Å². The van der Waals surface area contributed by atoms with Crippen molar-refractivity contribution >= 4 is 46.4 Å². The first-order valence-corrected chi connectivity index (χ1v) is 16.6. The number of aryl methyl sites for hydroxylation is 1. The fourth-order valence-electron chi connectivity index (χ4n) is 6.60. The number of hydrogen-bond donors (Lipinski definition) is 5. The van der Waals surface area contributed by atoms with Gasteiger partial charge in [0.2, 0.25) is 30.4 Å². The summed E-state index contributed by atoms with van der Waals surface area (Å²) < 4.78 is 12.3. The molecule has 3 aliphatic rings. The van der Waals surface area contributed by atoms with Crippen molar-refractivity contribution in [1.82, 2.24) is 35.9 Å². The van der Waals surface area contributed by atoms with Gasteiger partial charge in [0, 0.05) is 38.0 Å². The largest absolute Gasteiger partial charge is 0.480 e. The van der Waals surface area contributed by atoms with Crippen LogP contribution in [0.2, 0.25) is 0 Å². The van der Waals surface area contributed by atoms with E-state index in [1.807, 2.05) is 12.1 Å². The number of aliphatic carboxylic acids is 1. The number of carbonyl (C=O) groups is 6. The van der Waals surface area contributed by atoms with Crippen LogP contribution >= 0.6 is 0 Å². The Bertz CT molecular complexity index is 1830. The van der Waals surface area contributed by atoms with Gasteiger partial charge in [-0.15, -0.1) is 0 Å². The van der Waals surface area contributed by atoms with E-state index in [4.69, 9.17) is 9.47 Å². The molecule has 5 N–H and O–H groups in total. The Morgan fingerprint density at radius 2 is 1.82 bits per heavy atom. The van der Waals surface area contributed by atoms with E-state index in [9.17, 15) is 33.9 Å². The van der Waals surface area contributed by atoms with Crippen molar-refractivity contribution in [2.75, 3.05) is 19.9 Å². The van der Waals surface area contributed by atoms with Crippen molar-refractivity contribution in [3.8, 4) is 11.5 Å². The lowest BCUT2D eigenvalue weighted by Gasteiger charge is -2.29. The topological polar surface area (TPSA) is 210 Å². The van der Waals surface area contributed by atoms with Crippen molar-refractivity contribution in [3.05, 3.63) is 53.7 Å². The van der Waals surface area contributed by atoms with E-state index < -0.39 is 47.9 Å². The zero-order chi connectivity index (χ0) is 35.4. The average molecular weight is 690 g/mol. The summed E-state index contributed by atoms with van der Waals surface area (Å²) in [5.74, 6) is -2.81. The Morgan fingerprint density at radius 1 is 1.02 bits per heavy atom. The number of carbonyl (C=O) groups excluding carboxylic acids is 5. The van der Waals surface area contributed by atoms with Crippen LogP contribution in [-0.2, 0) is 37.4 Å². The highest BCUT2D eigenvalue weighted by Gasteiger charge is 2.43. The molecule has 16 heteroatoms. The van der Waals surface area contributed by atoms with Gasteiger partial charge in [0.1, 0.15) is 18.1 Å². The molecule has 0 unspecified atom stereocenters. The molecule has 0 spiro atoms. The number of carboxylic acids is 1. The number of ether oxygens (including phenoxy) is 2. The first-order valence-electron chi connectivity index (χ1n) is 16.6. The predicted octanol–water partition coefficient (Wildman–Crippen LogP) is 0.379. The van der Waals surface area contributed by atoms with E-state index in [0.717, 1.165) is 5.52 Å². The fraction of sp³-hybridized carbons (Fsp3) is 0.441. The molecule has 2 saturated heterocycles. The van der Waals surface area contributed by atoms with Gasteiger partial charge in [-0.3, -0.25) is 28.7 Å². The number of rotatable bonds is 6. The van der Waals surface area contributed by atoms with Crippen molar-refractivity contribution in [2.24, 2.45) is 7.05 Å². The van der Waals surface area contributed by atoms with Gasteiger partial charge in [0.15, 0.2) is 17.2 Å². The number of para-hydroxylation sites is 1. The Hall–Kier alpha value is -5.67. The second-order valence-electron chi connectivity index (χ2n) is 12.7. The maximum Gasteiger partial charge on any atom is 0.326 e. The third-order valence-electron chi connectivity index (χ3n) is 9.15. The zero-order valence-electron chi connectivity index (χ0n) is 27.5. The normalized spacial score (nSPS) is 22.9. The Balaban J connectivity index is 1.24. The number of carboxylic acid groups (broad SMARTS) is 1. The summed E-state index contributed by atoms with van der Waals surface area (Å²) in [7, 11) is 1.71. The van der Waals surface area contributed by atoms with Crippen LogP contribution in [0.4, 0.5) is 0 Å². The number of fused-ring (bicyclic) bond motifs is 3. The van der Waals surface area contributed by atoms with Crippen LogP contribution in [0.1, 0.15) is 54.6 Å². The summed E-state index contributed by atoms with van der Waals surface area (Å²) in [4.78, 5) is 80.6. The molecule has 0 saturated carbocycles. The molecule has 264 valence electrons. The second kappa shape index (κ2) is 14.8. The van der Waals surface area contributed by atoms with Crippen molar-refractivity contribution < 1.29 is 43.3 Å². The molecule has 2 fully saturated rings. The van der Waals surface area contributed by atoms with Gasteiger partial charge in [-0.2, -0.15) is 5.10 Å². The number of hydrogen-bond acceptors (Lipinski definition) is 9. The third-order valence-corrected chi connectivity index (χ3v) is 9.15. The maximum absolute atomic E-state index is 14.3. The van der Waals surface area contributed by atoms with E-state index in [2.05, 4.69) is 26.4 Å². The standard InChI is InChI=1S/C34H39N7O9/c1-40-24-8-3-2-6-21(24)30(39-40)32(45)37-22-7-4-5-13-35-28(42)12-10-23(34(47)48)38-31(44)25-16-20(17-41(25)33(22)46)36-29(43)15-19-9-11-26-27(14-19)50-18-49-26/h2-3,6,8-9,11,14,20,22-23,25H,4-5,7,10,12-13,15-18H2,1H3,(H,35,42)(H,36,43)(H,37,45)(H,38,44)(H,47,48)/t20-,22+,23+,25+/m1/s1. The number of benzene rings is 2. The molecular weight excluding hydrogens is 650 g/mol. The molecule has 16 nitrogen and oxygen atoms in total. The van der Waals surface area contributed by atoms with Crippen LogP contribution in [0, 0.1) is 0 Å². The first kappa shape index (κ1) is 34.2. The molecule has 0 bridgehead atoms. The molecule has 1 aromatic heterocycles. The summed E-state index contributed by atoms with van der Waals surface area (Å²) in [6.07, 6.45) is 0.840. The number of amides is 5. The summed E-state index contributed by atoms with van der Waals surface area (Å²) in [5.41, 5.74) is 1.53. The summed E-state index contributed by atoms with van der Waals surface area (Å²) in [5, 5.41) is 25.8. The lowest BCUT2D eigenvalue weighted by Crippen LogP contribution is -2.55. The maximum atomic E-state index is 14.3. The lowest BCUT2D eigenvalue weighted by atomic mass is 10.1. The van der Waals surface area contributed by atoms with Crippen molar-refractivity contribution in [3.63, 3.8) is 0 Å². The second-order valence-corrected chi connectivity index (χ2v) is 12.7. The fourth-order valence-corrected chi connectivity index (χ4v) is 6.60. The quantitative estimate of drug-likeness (QED) is 0.240. The van der Waals surface area contributed by atoms with E-state index in [1.54, 1.807) is 42.1 Å². The van der Waals surface area contributed by atoms with E-state index in [0.29, 0.717) is 35.3 Å². The first-order chi connectivity index (χ1) is 24.1. The summed E-state index contributed by atoms with van der Waals surface area (Å²) in [6, 6.07) is 8.07. The Morgan fingerprint density at radius 3 is 2.64 bits per heavy atom. The van der Waals surface area contributed by atoms with E-state index in [-0.39, 0.29) is 69.5 Å². The summed E-state index contributed by atoms with van der Waals surface area (Å²) in [6.45, 7) is 0.323. The highest BCUT2D eigenvalue weighted by molar-refractivity contribution is 6.06. The third kappa shape index (κ3) is 7.63. The van der Waals surface area contributed by atoms with Gasteiger partial charge in [0.05, 0.1) is 11.9 Å². The molecule has 3 aliphatic heterocycles. The Labute approximate surface area is 286 Å². The molecule has 0 aliphatic carbocycles. The number of nitrogens with zero attached hydrogens (tertiary/aromatic N) is 3. The molecule has 6 rings (SSSR count). The predicted molar refractivity (Wildman–Crippen MR) is 176 cm³/mol. The highest BCUT2D eigenvalue weighted by atomic mass is 16.7. The van der Waals surface area contributed by atoms with Crippen LogP contribution in [0.5, 0.6) is 11.5 Å². The molecular formula is C34H39N7O9. The van der Waals surface area contributed by atoms with Crippen LogP contribution in [0.3, 0.4) is 0 Å². The van der Waals surface area contributed by atoms with Crippen LogP contribution in [-0.4, -0.2) is 99.3 Å². The molecule has 4 heterocycles. The van der Waals surface area contributed by atoms with Crippen LogP contribution < -0.4 is 30.7 Å². The number of aromatic nitrogens is 2. The molecule has 4 atom stereocenters. The minimum atomic E-state index is -1.39. The lowest BCUT2D eigenvalue weighted by molar-refractivity contribution is -0.144. The van der Waals surface area contributed by atoms with Gasteiger partial charge in [-0.1, -0.05) is 24.3 Å². The molecule has 50 heavy (non-hydrogen) atoms. The van der Waals surface area contributed by atoms with Gasteiger partial charge < -0.3 is 40.7 Å². The minimum absolute atomic E-state index is 0.00217.